The Morgan fingerprint density at radius 2 is 1.57 bits per heavy atom. The summed E-state index contributed by atoms with van der Waals surface area (Å²) in [6.07, 6.45) is 0.192. The minimum atomic E-state index is -0.609. The first-order valence-corrected chi connectivity index (χ1v) is 11.9. The zero-order valence-electron chi connectivity index (χ0n) is 22.2. The van der Waals surface area contributed by atoms with Crippen LogP contribution in [0.1, 0.15) is 36.7 Å². The summed E-state index contributed by atoms with van der Waals surface area (Å²) in [4.78, 5) is 23.9. The Kier molecular flexibility index (Phi) is 12.9. The van der Waals surface area contributed by atoms with Crippen LogP contribution in [-0.2, 0) is 30.2 Å². The molecule has 2 aromatic carbocycles. The van der Waals surface area contributed by atoms with Crippen LogP contribution in [0.4, 0.5) is 4.79 Å². The first-order valence-electron chi connectivity index (χ1n) is 11.9. The number of methoxy groups -OCH3 is 2. The zero-order valence-corrected chi connectivity index (χ0v) is 22.2. The fourth-order valence-electron chi connectivity index (χ4n) is 3.14. The van der Waals surface area contributed by atoms with Gasteiger partial charge in [-0.05, 0) is 44.5 Å². The highest BCUT2D eigenvalue weighted by atomic mass is 16.7. The summed E-state index contributed by atoms with van der Waals surface area (Å²) < 4.78 is 37.9. The number of ether oxygens (including phenoxy) is 7. The van der Waals surface area contributed by atoms with E-state index in [9.17, 15) is 9.59 Å². The predicted molar refractivity (Wildman–Crippen MR) is 137 cm³/mol. The molecule has 2 rings (SSSR count). The van der Waals surface area contributed by atoms with E-state index in [4.69, 9.17) is 33.2 Å². The van der Waals surface area contributed by atoms with Crippen LogP contribution in [-0.4, -0.2) is 72.2 Å². The van der Waals surface area contributed by atoms with Gasteiger partial charge in [0.2, 0.25) is 0 Å². The van der Waals surface area contributed by atoms with Gasteiger partial charge in [0, 0.05) is 31.9 Å². The standard InChI is InChI=1S/C27H37NO9/c1-27(2,3)37-26(30)28-16-20-9-10-24(35-18-33-13-11-31-4)23(15-20)22-8-6-7-21(17-29)25(22)36-19-34-14-12-32-5/h6-10,15,17H,11-14,16,18-19H2,1-5H3,(H,28,30). The van der Waals surface area contributed by atoms with E-state index in [1.165, 1.54) is 0 Å². The second-order valence-corrected chi connectivity index (χ2v) is 8.85. The van der Waals surface area contributed by atoms with Crippen molar-refractivity contribution in [2.45, 2.75) is 32.9 Å². The molecule has 37 heavy (non-hydrogen) atoms. The van der Waals surface area contributed by atoms with Crippen LogP contribution in [0.25, 0.3) is 11.1 Å². The molecule has 0 saturated carbocycles. The van der Waals surface area contributed by atoms with Gasteiger partial charge in [0.1, 0.15) is 17.1 Å². The van der Waals surface area contributed by atoms with Crippen LogP contribution in [0.15, 0.2) is 36.4 Å². The number of hydrogen-bond acceptors (Lipinski definition) is 9. The lowest BCUT2D eigenvalue weighted by Gasteiger charge is -2.20. The molecule has 1 N–H and O–H groups in total. The maximum absolute atomic E-state index is 12.1. The molecule has 0 aliphatic carbocycles. The second kappa shape index (κ2) is 15.8. The molecule has 10 nitrogen and oxygen atoms in total. The molecule has 2 aromatic rings. The third-order valence-electron chi connectivity index (χ3n) is 4.79. The molecule has 204 valence electrons. The summed E-state index contributed by atoms with van der Waals surface area (Å²) in [5.41, 5.74) is 1.79. The monoisotopic (exact) mass is 519 g/mol. The molecule has 10 heteroatoms. The minimum absolute atomic E-state index is 0.00441. The summed E-state index contributed by atoms with van der Waals surface area (Å²) in [6, 6.07) is 10.7. The smallest absolute Gasteiger partial charge is 0.407 e. The molecule has 0 unspecified atom stereocenters. The van der Waals surface area contributed by atoms with Crippen molar-refractivity contribution in [2.24, 2.45) is 0 Å². The van der Waals surface area contributed by atoms with Gasteiger partial charge in [-0.3, -0.25) is 4.79 Å². The fraction of sp³-hybridized carbons (Fsp3) is 0.481. The Morgan fingerprint density at radius 1 is 0.892 bits per heavy atom. The number of para-hydroxylation sites is 1. The van der Waals surface area contributed by atoms with Crippen molar-refractivity contribution in [1.29, 1.82) is 0 Å². The van der Waals surface area contributed by atoms with Crippen LogP contribution in [0.2, 0.25) is 0 Å². The van der Waals surface area contributed by atoms with Crippen molar-refractivity contribution < 1.29 is 42.7 Å². The fourth-order valence-corrected chi connectivity index (χ4v) is 3.14. The molecule has 0 heterocycles. The van der Waals surface area contributed by atoms with E-state index in [2.05, 4.69) is 5.32 Å². The minimum Gasteiger partial charge on any atom is -0.467 e. The highest BCUT2D eigenvalue weighted by Gasteiger charge is 2.18. The average Bonchev–Trinajstić information content (AvgIpc) is 2.86. The molecular weight excluding hydrogens is 482 g/mol. The third kappa shape index (κ3) is 10.8. The van der Waals surface area contributed by atoms with E-state index >= 15 is 0 Å². The van der Waals surface area contributed by atoms with E-state index in [1.807, 2.05) is 18.2 Å². The van der Waals surface area contributed by atoms with E-state index in [0.717, 1.165) is 11.8 Å². The van der Waals surface area contributed by atoms with Crippen LogP contribution in [0.3, 0.4) is 0 Å². The highest BCUT2D eigenvalue weighted by molar-refractivity contribution is 5.87. The molecule has 0 saturated heterocycles. The van der Waals surface area contributed by atoms with Gasteiger partial charge in [0.15, 0.2) is 19.9 Å². The van der Waals surface area contributed by atoms with Crippen molar-refractivity contribution >= 4 is 12.4 Å². The Bertz CT molecular complexity index is 988. The number of aldehydes is 1. The van der Waals surface area contributed by atoms with Gasteiger partial charge < -0.3 is 38.5 Å². The summed E-state index contributed by atoms with van der Waals surface area (Å²) in [5, 5.41) is 2.75. The number of alkyl carbamates (subject to hydrolysis) is 1. The number of benzene rings is 2. The topological polar surface area (TPSA) is 111 Å². The molecule has 0 radical (unpaired) electrons. The van der Waals surface area contributed by atoms with E-state index in [1.54, 1.807) is 53.2 Å². The van der Waals surface area contributed by atoms with Gasteiger partial charge in [-0.2, -0.15) is 0 Å². The van der Waals surface area contributed by atoms with Crippen molar-refractivity contribution in [2.75, 3.05) is 54.2 Å². The average molecular weight is 520 g/mol. The lowest BCUT2D eigenvalue weighted by atomic mass is 9.98. The van der Waals surface area contributed by atoms with Crippen LogP contribution in [0, 0.1) is 0 Å². The lowest BCUT2D eigenvalue weighted by molar-refractivity contribution is -0.00924. The Labute approximate surface area is 218 Å². The SMILES string of the molecule is COCCOCOc1ccc(CNC(=O)OC(C)(C)C)cc1-c1cccc(C=O)c1OCOCCOC. The Morgan fingerprint density at radius 3 is 2.19 bits per heavy atom. The number of amides is 1. The van der Waals surface area contributed by atoms with Gasteiger partial charge in [0.25, 0.3) is 0 Å². The normalized spacial score (nSPS) is 11.2. The van der Waals surface area contributed by atoms with Crippen molar-refractivity contribution in [3.05, 3.63) is 47.5 Å². The van der Waals surface area contributed by atoms with E-state index in [-0.39, 0.29) is 20.1 Å². The molecule has 0 fully saturated rings. The molecule has 0 aliphatic heterocycles. The third-order valence-corrected chi connectivity index (χ3v) is 4.79. The van der Waals surface area contributed by atoms with Crippen LogP contribution >= 0.6 is 0 Å². The second-order valence-electron chi connectivity index (χ2n) is 8.85. The number of nitrogens with one attached hydrogen (secondary N) is 1. The van der Waals surface area contributed by atoms with Gasteiger partial charge in [-0.25, -0.2) is 4.79 Å². The molecule has 0 spiro atoms. The number of carbonyl (C=O) groups is 2. The largest absolute Gasteiger partial charge is 0.467 e. The molecular formula is C27H37NO9. The van der Waals surface area contributed by atoms with E-state index < -0.39 is 11.7 Å². The molecule has 0 aliphatic rings. The molecule has 0 bridgehead atoms. The van der Waals surface area contributed by atoms with Gasteiger partial charge in [-0.1, -0.05) is 18.2 Å². The zero-order chi connectivity index (χ0) is 27.1. The van der Waals surface area contributed by atoms with Crippen molar-refractivity contribution in [3.63, 3.8) is 0 Å². The van der Waals surface area contributed by atoms with Crippen LogP contribution < -0.4 is 14.8 Å². The lowest BCUT2D eigenvalue weighted by Crippen LogP contribution is -2.32. The summed E-state index contributed by atoms with van der Waals surface area (Å²) in [5.74, 6) is 0.851. The first kappa shape index (κ1) is 30.0. The van der Waals surface area contributed by atoms with Gasteiger partial charge in [0.05, 0.1) is 32.0 Å². The van der Waals surface area contributed by atoms with E-state index in [0.29, 0.717) is 54.6 Å². The maximum atomic E-state index is 12.1. The highest BCUT2D eigenvalue weighted by Crippen LogP contribution is 2.39. The van der Waals surface area contributed by atoms with Crippen LogP contribution in [0.5, 0.6) is 11.5 Å². The Balaban J connectivity index is 2.34. The Hall–Kier alpha value is -3.18. The van der Waals surface area contributed by atoms with Gasteiger partial charge in [-0.15, -0.1) is 0 Å². The molecule has 0 atom stereocenters. The summed E-state index contributed by atoms with van der Waals surface area (Å²) in [7, 11) is 3.17. The number of rotatable bonds is 16. The first-order chi connectivity index (χ1) is 17.8. The summed E-state index contributed by atoms with van der Waals surface area (Å²) in [6.45, 7) is 7.10. The predicted octanol–water partition coefficient (Wildman–Crippen LogP) is 4.19. The maximum Gasteiger partial charge on any atom is 0.407 e. The number of carbonyl (C=O) groups excluding carboxylic acids is 2. The van der Waals surface area contributed by atoms with Gasteiger partial charge >= 0.3 is 6.09 Å². The molecule has 1 amide bonds. The molecule has 0 aromatic heterocycles. The summed E-state index contributed by atoms with van der Waals surface area (Å²) >= 11 is 0. The van der Waals surface area contributed by atoms with Crippen molar-refractivity contribution in [3.8, 4) is 22.6 Å². The quantitative estimate of drug-likeness (QED) is 0.198. The van der Waals surface area contributed by atoms with Crippen molar-refractivity contribution in [1.82, 2.24) is 5.32 Å². The number of hydrogen-bond donors (Lipinski definition) is 1.